The molecule has 1 aromatic carbocycles. The topological polar surface area (TPSA) is 42.0 Å². The zero-order valence-corrected chi connectivity index (χ0v) is 15.6. The fourth-order valence-electron chi connectivity index (χ4n) is 2.29. The van der Waals surface area contributed by atoms with Crippen LogP contribution >= 0.6 is 23.1 Å². The van der Waals surface area contributed by atoms with E-state index in [1.165, 1.54) is 29.1 Å². The molecule has 1 aliphatic carbocycles. The average molecular weight is 347 g/mol. The van der Waals surface area contributed by atoms with Gasteiger partial charge >= 0.3 is 0 Å². The Labute approximate surface area is 145 Å². The van der Waals surface area contributed by atoms with E-state index in [4.69, 9.17) is 0 Å². The fraction of sp³-hybridized carbons (Fsp3) is 0.444. The van der Waals surface area contributed by atoms with Gasteiger partial charge in [-0.1, -0.05) is 20.8 Å². The summed E-state index contributed by atoms with van der Waals surface area (Å²) in [4.78, 5) is 18.7. The third-order valence-electron chi connectivity index (χ3n) is 3.54. The van der Waals surface area contributed by atoms with E-state index in [9.17, 15) is 4.79 Å². The highest BCUT2D eigenvalue weighted by atomic mass is 32.2. The first-order valence-electron chi connectivity index (χ1n) is 7.88. The maximum atomic E-state index is 12.4. The van der Waals surface area contributed by atoms with Gasteiger partial charge in [0.2, 0.25) is 0 Å². The summed E-state index contributed by atoms with van der Waals surface area (Å²) in [5.74, 6) is 0.533. The van der Waals surface area contributed by atoms with Crippen LogP contribution in [-0.4, -0.2) is 15.6 Å². The number of nitrogens with zero attached hydrogens (tertiary/aromatic N) is 1. The number of hydrogen-bond acceptors (Lipinski definition) is 4. The number of rotatable bonds is 4. The van der Waals surface area contributed by atoms with Gasteiger partial charge in [-0.3, -0.25) is 4.79 Å². The van der Waals surface area contributed by atoms with E-state index >= 15 is 0 Å². The summed E-state index contributed by atoms with van der Waals surface area (Å²) < 4.78 is 0.180. The van der Waals surface area contributed by atoms with Crippen LogP contribution in [0.1, 0.15) is 59.8 Å². The quantitative estimate of drug-likeness (QED) is 0.746. The monoisotopic (exact) mass is 346 g/mol. The smallest absolute Gasteiger partial charge is 0.267 e. The molecule has 0 spiro atoms. The van der Waals surface area contributed by atoms with Crippen LogP contribution in [0.4, 0.5) is 5.69 Å². The number of carbonyl (C=O) groups is 1. The lowest BCUT2D eigenvalue weighted by molar-refractivity contribution is 0.103. The van der Waals surface area contributed by atoms with Crippen LogP contribution in [-0.2, 0) is 0 Å². The minimum Gasteiger partial charge on any atom is -0.321 e. The molecule has 122 valence electrons. The molecule has 1 saturated carbocycles. The number of amides is 1. The second-order valence-corrected chi connectivity index (χ2v) is 9.94. The average Bonchev–Trinajstić information content (AvgIpc) is 3.17. The minimum absolute atomic E-state index is 0.0614. The van der Waals surface area contributed by atoms with E-state index in [1.807, 2.05) is 24.8 Å². The van der Waals surface area contributed by atoms with E-state index in [2.05, 4.69) is 43.2 Å². The highest BCUT2D eigenvalue weighted by Gasteiger charge is 2.27. The summed E-state index contributed by atoms with van der Waals surface area (Å²) in [6, 6.07) is 6.19. The van der Waals surface area contributed by atoms with E-state index in [1.54, 1.807) is 6.20 Å². The van der Waals surface area contributed by atoms with Crippen molar-refractivity contribution < 1.29 is 4.79 Å². The predicted octanol–water partition coefficient (Wildman–Crippen LogP) is 5.47. The Morgan fingerprint density at radius 2 is 2.09 bits per heavy atom. The molecule has 3 rings (SSSR count). The van der Waals surface area contributed by atoms with Crippen molar-refractivity contribution in [2.24, 2.45) is 0 Å². The maximum absolute atomic E-state index is 12.4. The van der Waals surface area contributed by atoms with Gasteiger partial charge in [0, 0.05) is 21.2 Å². The van der Waals surface area contributed by atoms with Gasteiger partial charge in [0.25, 0.3) is 5.91 Å². The third kappa shape index (κ3) is 4.36. The summed E-state index contributed by atoms with van der Waals surface area (Å²) in [5.41, 5.74) is 1.95. The summed E-state index contributed by atoms with van der Waals surface area (Å²) in [6.45, 7) is 8.63. The highest BCUT2D eigenvalue weighted by Crippen LogP contribution is 2.41. The standard InChI is InChI=1S/C18H22N2OS2/c1-11-9-13(23-18(2,3)4)7-8-14(11)20-16(21)15-10-19-17(22-15)12-5-6-12/h7-10,12H,5-6H2,1-4H3,(H,20,21). The molecule has 1 amide bonds. The van der Waals surface area contributed by atoms with Crippen molar-refractivity contribution in [1.82, 2.24) is 4.98 Å². The van der Waals surface area contributed by atoms with Gasteiger partial charge in [0.05, 0.1) is 11.2 Å². The van der Waals surface area contributed by atoms with Crippen molar-refractivity contribution in [3.05, 3.63) is 39.8 Å². The molecule has 0 atom stereocenters. The van der Waals surface area contributed by atoms with Crippen molar-refractivity contribution in [2.75, 3.05) is 5.32 Å². The predicted molar refractivity (Wildman–Crippen MR) is 98.8 cm³/mol. The Morgan fingerprint density at radius 3 is 2.70 bits per heavy atom. The number of thiazole rings is 1. The van der Waals surface area contributed by atoms with E-state index < -0.39 is 0 Å². The Morgan fingerprint density at radius 1 is 1.35 bits per heavy atom. The van der Waals surface area contributed by atoms with Crippen LogP contribution in [0.3, 0.4) is 0 Å². The molecule has 3 nitrogen and oxygen atoms in total. The van der Waals surface area contributed by atoms with Crippen LogP contribution in [0.5, 0.6) is 0 Å². The molecular formula is C18H22N2OS2. The molecular weight excluding hydrogens is 324 g/mol. The molecule has 1 aromatic heterocycles. The lowest BCUT2D eigenvalue weighted by Gasteiger charge is -2.18. The van der Waals surface area contributed by atoms with Crippen LogP contribution in [0.25, 0.3) is 0 Å². The molecule has 0 aliphatic heterocycles. The molecule has 1 heterocycles. The second-order valence-electron chi connectivity index (χ2n) is 6.98. The summed E-state index contributed by atoms with van der Waals surface area (Å²) in [7, 11) is 0. The minimum atomic E-state index is -0.0614. The molecule has 1 fully saturated rings. The van der Waals surface area contributed by atoms with Gasteiger partial charge < -0.3 is 5.32 Å². The lowest BCUT2D eigenvalue weighted by Crippen LogP contribution is -2.11. The van der Waals surface area contributed by atoms with Gasteiger partial charge in [0.15, 0.2) is 0 Å². The molecule has 1 aliphatic rings. The van der Waals surface area contributed by atoms with Crippen molar-refractivity contribution in [1.29, 1.82) is 0 Å². The molecule has 0 unspecified atom stereocenters. The van der Waals surface area contributed by atoms with Gasteiger partial charge in [-0.05, 0) is 43.5 Å². The number of hydrogen-bond donors (Lipinski definition) is 1. The molecule has 0 bridgehead atoms. The zero-order valence-electron chi connectivity index (χ0n) is 14.0. The first-order valence-corrected chi connectivity index (χ1v) is 9.52. The van der Waals surface area contributed by atoms with E-state index in [0.717, 1.165) is 16.3 Å². The van der Waals surface area contributed by atoms with Crippen LogP contribution in [0.15, 0.2) is 29.3 Å². The SMILES string of the molecule is Cc1cc(SC(C)(C)C)ccc1NC(=O)c1cnc(C2CC2)s1. The van der Waals surface area contributed by atoms with Gasteiger partial charge in [-0.2, -0.15) is 0 Å². The number of carbonyl (C=O) groups excluding carboxylic acids is 1. The normalized spacial score (nSPS) is 14.8. The van der Waals surface area contributed by atoms with Gasteiger partial charge in [0.1, 0.15) is 4.88 Å². The summed E-state index contributed by atoms with van der Waals surface area (Å²) >= 11 is 3.35. The summed E-state index contributed by atoms with van der Waals surface area (Å²) in [6.07, 6.45) is 4.12. The molecule has 5 heteroatoms. The van der Waals surface area contributed by atoms with Gasteiger partial charge in [-0.25, -0.2) is 4.98 Å². The van der Waals surface area contributed by atoms with Crippen molar-refractivity contribution >= 4 is 34.7 Å². The Kier molecular flexibility index (Phi) is 4.52. The summed E-state index contributed by atoms with van der Waals surface area (Å²) in [5, 5.41) is 4.11. The van der Waals surface area contributed by atoms with Crippen LogP contribution < -0.4 is 5.32 Å². The largest absolute Gasteiger partial charge is 0.321 e. The van der Waals surface area contributed by atoms with Gasteiger partial charge in [-0.15, -0.1) is 23.1 Å². The maximum Gasteiger partial charge on any atom is 0.267 e. The van der Waals surface area contributed by atoms with Crippen LogP contribution in [0.2, 0.25) is 0 Å². The molecule has 23 heavy (non-hydrogen) atoms. The first kappa shape index (κ1) is 16.5. The second kappa shape index (κ2) is 6.29. The number of benzene rings is 1. The lowest BCUT2D eigenvalue weighted by atomic mass is 10.2. The highest BCUT2D eigenvalue weighted by molar-refractivity contribution is 8.00. The van der Waals surface area contributed by atoms with Crippen molar-refractivity contribution in [3.8, 4) is 0 Å². The van der Waals surface area contributed by atoms with Crippen LogP contribution in [0, 0.1) is 6.92 Å². The number of anilines is 1. The fourth-order valence-corrected chi connectivity index (χ4v) is 4.35. The number of aromatic nitrogens is 1. The van der Waals surface area contributed by atoms with E-state index in [0.29, 0.717) is 10.8 Å². The Bertz CT molecular complexity index is 727. The van der Waals surface area contributed by atoms with E-state index in [-0.39, 0.29) is 10.7 Å². The third-order valence-corrected chi connectivity index (χ3v) is 5.80. The van der Waals surface area contributed by atoms with Crippen molar-refractivity contribution in [2.45, 2.75) is 56.1 Å². The molecule has 2 aromatic rings. The first-order chi connectivity index (χ1) is 10.8. The van der Waals surface area contributed by atoms with Crippen molar-refractivity contribution in [3.63, 3.8) is 0 Å². The Hall–Kier alpha value is -1.33. The molecule has 0 saturated heterocycles. The molecule has 1 N–H and O–H groups in total. The zero-order chi connectivity index (χ0) is 16.6. The Balaban J connectivity index is 1.70. The number of thioether (sulfide) groups is 1. The number of nitrogens with one attached hydrogen (secondary N) is 1. The number of aryl methyl sites for hydroxylation is 1. The molecule has 0 radical (unpaired) electrons.